The Bertz CT molecular complexity index is 2030. The molecule has 0 radical (unpaired) electrons. The number of hydrogen-bond donors (Lipinski definition) is 3. The molecular formula is C39H45FN10O5. The second-order valence-corrected chi connectivity index (χ2v) is 15.5. The van der Waals surface area contributed by atoms with Gasteiger partial charge in [0.1, 0.15) is 18.0 Å². The number of carbonyl (C=O) groups is 4. The third-order valence-corrected chi connectivity index (χ3v) is 12.2. The number of anilines is 3. The summed E-state index contributed by atoms with van der Waals surface area (Å²) in [5, 5.41) is 24.8. The zero-order chi connectivity index (χ0) is 37.8. The molecule has 4 saturated heterocycles. The number of phenolic OH excluding ortho intramolecular Hbond substituents is 1. The van der Waals surface area contributed by atoms with Crippen LogP contribution in [0.3, 0.4) is 0 Å². The fraction of sp³-hybridized carbons (Fsp3) is 0.487. The van der Waals surface area contributed by atoms with E-state index >= 15 is 4.39 Å². The molecule has 0 bridgehead atoms. The molecule has 0 aliphatic carbocycles. The van der Waals surface area contributed by atoms with Crippen molar-refractivity contribution in [3.63, 3.8) is 0 Å². The molecular weight excluding hydrogens is 707 g/mol. The number of halogens is 1. The number of imide groups is 1. The van der Waals surface area contributed by atoms with E-state index in [1.54, 1.807) is 12.1 Å². The van der Waals surface area contributed by atoms with Crippen LogP contribution < -0.4 is 20.4 Å². The van der Waals surface area contributed by atoms with Crippen LogP contribution in [0.5, 0.6) is 5.75 Å². The molecule has 55 heavy (non-hydrogen) atoms. The minimum absolute atomic E-state index is 0.0394. The first-order valence-electron chi connectivity index (χ1n) is 19.3. The van der Waals surface area contributed by atoms with Gasteiger partial charge >= 0.3 is 6.03 Å². The minimum atomic E-state index is -1.04. The van der Waals surface area contributed by atoms with Crippen molar-refractivity contribution >= 4 is 40.9 Å². The first-order valence-corrected chi connectivity index (χ1v) is 19.3. The Balaban J connectivity index is 0.752. The van der Waals surface area contributed by atoms with Crippen molar-refractivity contribution in [3.8, 4) is 17.0 Å². The van der Waals surface area contributed by atoms with Crippen LogP contribution in [0.15, 0.2) is 48.5 Å². The van der Waals surface area contributed by atoms with Gasteiger partial charge in [-0.2, -0.15) is 0 Å². The van der Waals surface area contributed by atoms with E-state index in [1.807, 2.05) is 51.1 Å². The molecule has 288 valence electrons. The predicted molar refractivity (Wildman–Crippen MR) is 201 cm³/mol. The molecule has 2 aromatic carbocycles. The SMILES string of the molecule is O=C1CCC(N2Cc3ccc(N4CC[C@H](CN5CCN(C(=O)N6CCN7c8cc(-c9ccccc9O)nnc8NCC7C6)CC5)C(F)C4)cc3C2=O)C(=O)N1. The first kappa shape index (κ1) is 35.2. The Morgan fingerprint density at radius 3 is 2.49 bits per heavy atom. The summed E-state index contributed by atoms with van der Waals surface area (Å²) in [6.07, 6.45) is 0.156. The molecule has 6 aliphatic rings. The zero-order valence-corrected chi connectivity index (χ0v) is 30.6. The van der Waals surface area contributed by atoms with Gasteiger partial charge in [-0.3, -0.25) is 24.6 Å². The Morgan fingerprint density at radius 1 is 0.873 bits per heavy atom. The van der Waals surface area contributed by atoms with Crippen molar-refractivity contribution in [2.75, 3.05) is 87.1 Å². The van der Waals surface area contributed by atoms with Crippen molar-refractivity contribution in [3.05, 3.63) is 59.7 Å². The van der Waals surface area contributed by atoms with E-state index in [2.05, 4.69) is 30.6 Å². The average molecular weight is 753 g/mol. The number of nitrogens with zero attached hydrogens (tertiary/aromatic N) is 8. The predicted octanol–water partition coefficient (Wildman–Crippen LogP) is 2.13. The summed E-state index contributed by atoms with van der Waals surface area (Å²) < 4.78 is 15.8. The zero-order valence-electron chi connectivity index (χ0n) is 30.6. The number of urea groups is 1. The summed E-state index contributed by atoms with van der Waals surface area (Å²) in [4.78, 5) is 63.0. The van der Waals surface area contributed by atoms with Gasteiger partial charge in [0.2, 0.25) is 11.8 Å². The molecule has 3 N–H and O–H groups in total. The summed E-state index contributed by atoms with van der Waals surface area (Å²) in [6, 6.07) is 14.1. The van der Waals surface area contributed by atoms with Crippen molar-refractivity contribution in [2.45, 2.75) is 44.1 Å². The molecule has 0 spiro atoms. The second kappa shape index (κ2) is 14.3. The van der Waals surface area contributed by atoms with Crippen LogP contribution in [0.2, 0.25) is 0 Å². The van der Waals surface area contributed by atoms with Crippen molar-refractivity contribution in [1.29, 1.82) is 0 Å². The topological polar surface area (TPSA) is 158 Å². The maximum Gasteiger partial charge on any atom is 0.320 e. The number of piperazine rings is 2. The number of fused-ring (bicyclic) bond motifs is 4. The van der Waals surface area contributed by atoms with Gasteiger partial charge in [-0.15, -0.1) is 10.2 Å². The smallest absolute Gasteiger partial charge is 0.320 e. The molecule has 1 aromatic heterocycles. The van der Waals surface area contributed by atoms with Crippen molar-refractivity contribution in [1.82, 2.24) is 35.1 Å². The highest BCUT2D eigenvalue weighted by Gasteiger charge is 2.41. The van der Waals surface area contributed by atoms with E-state index < -0.39 is 18.1 Å². The summed E-state index contributed by atoms with van der Waals surface area (Å²) in [7, 11) is 0. The lowest BCUT2D eigenvalue weighted by molar-refractivity contribution is -0.136. The third kappa shape index (κ3) is 6.66. The molecule has 0 saturated carbocycles. The van der Waals surface area contributed by atoms with E-state index in [-0.39, 0.29) is 48.5 Å². The van der Waals surface area contributed by atoms with Gasteiger partial charge in [0, 0.05) is 108 Å². The van der Waals surface area contributed by atoms with Crippen LogP contribution in [0, 0.1) is 5.92 Å². The number of phenols is 1. The van der Waals surface area contributed by atoms with Gasteiger partial charge in [0.15, 0.2) is 5.82 Å². The van der Waals surface area contributed by atoms with Gasteiger partial charge in [-0.05, 0) is 48.7 Å². The van der Waals surface area contributed by atoms with Crippen molar-refractivity contribution < 1.29 is 28.7 Å². The second-order valence-electron chi connectivity index (χ2n) is 15.5. The van der Waals surface area contributed by atoms with Crippen LogP contribution in [0.25, 0.3) is 11.3 Å². The lowest BCUT2D eigenvalue weighted by Gasteiger charge is -2.47. The first-order chi connectivity index (χ1) is 26.7. The van der Waals surface area contributed by atoms with Crippen LogP contribution in [-0.4, -0.2) is 149 Å². The summed E-state index contributed by atoms with van der Waals surface area (Å²) >= 11 is 0. The molecule has 3 aromatic rings. The standard InChI is InChI=1S/C39H45FN10O5/c40-30-23-47(26-6-5-24-21-50(38(54)29(24)17-26)32-7-8-35(52)42-37(32)53)10-9-25(30)20-45-11-13-46(14-12-45)39(55)48-15-16-49-27(22-48)19-41-36-33(49)18-31(43-44-36)28-3-1-2-4-34(28)51/h1-6,17-18,25,27,30,32,51H,7-16,19-23H2,(H,41,44)(H,42,52,53)/t25-,27?,30?,32?/m1/s1. The number of hydrogen-bond acceptors (Lipinski definition) is 11. The van der Waals surface area contributed by atoms with E-state index in [4.69, 9.17) is 0 Å². The molecule has 5 amide bonds. The molecule has 9 rings (SSSR count). The number of piperidine rings is 2. The Labute approximate surface area is 318 Å². The van der Waals surface area contributed by atoms with Gasteiger partial charge < -0.3 is 34.9 Å². The van der Waals surface area contributed by atoms with Crippen LogP contribution in [-0.2, 0) is 16.1 Å². The highest BCUT2D eigenvalue weighted by atomic mass is 19.1. The Morgan fingerprint density at radius 2 is 1.69 bits per heavy atom. The van der Waals surface area contributed by atoms with Crippen LogP contribution in [0.4, 0.5) is 26.4 Å². The minimum Gasteiger partial charge on any atom is -0.507 e. The normalized spacial score (nSPS) is 25.6. The maximum absolute atomic E-state index is 15.8. The van der Waals surface area contributed by atoms with Gasteiger partial charge in [0.05, 0.1) is 17.4 Å². The number of aromatic nitrogens is 2. The average Bonchev–Trinajstić information content (AvgIpc) is 3.53. The summed E-state index contributed by atoms with van der Waals surface area (Å²) in [6.45, 7) is 6.92. The number of rotatable bonds is 5. The molecule has 4 atom stereocenters. The fourth-order valence-corrected chi connectivity index (χ4v) is 9.07. The van der Waals surface area contributed by atoms with Gasteiger partial charge in [-0.25, -0.2) is 9.18 Å². The number of carbonyl (C=O) groups excluding carboxylic acids is 4. The van der Waals surface area contributed by atoms with Crippen molar-refractivity contribution in [2.24, 2.45) is 5.92 Å². The highest BCUT2D eigenvalue weighted by molar-refractivity contribution is 6.05. The number of nitrogens with one attached hydrogen (secondary N) is 2. The molecule has 7 heterocycles. The Hall–Kier alpha value is -5.51. The maximum atomic E-state index is 15.8. The van der Waals surface area contributed by atoms with E-state index in [9.17, 15) is 24.3 Å². The molecule has 4 fully saturated rings. The largest absolute Gasteiger partial charge is 0.507 e. The summed E-state index contributed by atoms with van der Waals surface area (Å²) in [5.74, 6) is -0.255. The number of benzene rings is 2. The molecule has 16 heteroatoms. The summed E-state index contributed by atoms with van der Waals surface area (Å²) in [5.41, 5.74) is 4.30. The molecule has 6 aliphatic heterocycles. The Kier molecular flexibility index (Phi) is 9.15. The van der Waals surface area contributed by atoms with E-state index in [0.717, 1.165) is 16.9 Å². The third-order valence-electron chi connectivity index (χ3n) is 12.2. The molecule has 15 nitrogen and oxygen atoms in total. The lowest BCUT2D eigenvalue weighted by Crippen LogP contribution is -2.62. The quantitative estimate of drug-likeness (QED) is 0.328. The number of amides is 5. The van der Waals surface area contributed by atoms with Crippen LogP contribution in [0.1, 0.15) is 35.2 Å². The lowest BCUT2D eigenvalue weighted by atomic mass is 9.93. The van der Waals surface area contributed by atoms with E-state index in [1.165, 1.54) is 4.90 Å². The monoisotopic (exact) mass is 752 g/mol. The molecule has 3 unspecified atom stereocenters. The van der Waals surface area contributed by atoms with E-state index in [0.29, 0.717) is 107 Å². The fourth-order valence-electron chi connectivity index (χ4n) is 9.07. The number of aromatic hydroxyl groups is 1. The highest BCUT2D eigenvalue weighted by Crippen LogP contribution is 2.37. The number of para-hydroxylation sites is 1. The number of alkyl halides is 1. The van der Waals surface area contributed by atoms with Crippen LogP contribution >= 0.6 is 0 Å². The van der Waals surface area contributed by atoms with Gasteiger partial charge in [0.25, 0.3) is 5.91 Å². The van der Waals surface area contributed by atoms with Gasteiger partial charge in [-0.1, -0.05) is 18.2 Å².